The van der Waals surface area contributed by atoms with Crippen molar-refractivity contribution >= 4 is 22.9 Å². The van der Waals surface area contributed by atoms with Gasteiger partial charge in [0.2, 0.25) is 5.91 Å². The van der Waals surface area contributed by atoms with E-state index >= 15 is 0 Å². The van der Waals surface area contributed by atoms with Crippen LogP contribution >= 0.6 is 0 Å². The molecule has 1 saturated heterocycles. The number of rotatable bonds is 9. The summed E-state index contributed by atoms with van der Waals surface area (Å²) in [4.78, 5) is 52.1. The minimum absolute atomic E-state index is 0.173. The Labute approximate surface area is 190 Å². The third kappa shape index (κ3) is 4.82. The van der Waals surface area contributed by atoms with Crippen molar-refractivity contribution in [3.05, 3.63) is 50.6 Å². The van der Waals surface area contributed by atoms with Crippen molar-refractivity contribution in [1.29, 1.82) is 0 Å². The maximum atomic E-state index is 12.2. The molecule has 3 aromatic rings. The van der Waals surface area contributed by atoms with Crippen LogP contribution in [0.1, 0.15) is 37.3 Å². The van der Waals surface area contributed by atoms with Gasteiger partial charge in [-0.1, -0.05) is 13.0 Å². The summed E-state index contributed by atoms with van der Waals surface area (Å²) in [5.41, 5.74) is 0.545. The van der Waals surface area contributed by atoms with Crippen LogP contribution in [0.25, 0.3) is 11.2 Å². The van der Waals surface area contributed by atoms with E-state index in [1.807, 2.05) is 26.1 Å². The summed E-state index contributed by atoms with van der Waals surface area (Å²) in [5, 5.41) is 3.29. The number of imidazole rings is 1. The Bertz CT molecular complexity index is 1240. The molecule has 3 aromatic heterocycles. The van der Waals surface area contributed by atoms with E-state index in [1.54, 1.807) is 18.2 Å². The normalized spacial score (nSPS) is 17.1. The molecule has 11 nitrogen and oxygen atoms in total. The van der Waals surface area contributed by atoms with Gasteiger partial charge in [-0.05, 0) is 18.1 Å². The smallest absolute Gasteiger partial charge is 0.330 e. The van der Waals surface area contributed by atoms with Crippen molar-refractivity contribution in [3.8, 4) is 0 Å². The number of hydrogen-bond donors (Lipinski definition) is 3. The van der Waals surface area contributed by atoms with Gasteiger partial charge in [0.05, 0.1) is 6.10 Å². The number of anilines is 1. The lowest BCUT2D eigenvalue weighted by molar-refractivity contribution is -0.126. The predicted molar refractivity (Wildman–Crippen MR) is 123 cm³/mol. The van der Waals surface area contributed by atoms with Gasteiger partial charge in [0.15, 0.2) is 5.65 Å². The van der Waals surface area contributed by atoms with Crippen molar-refractivity contribution in [2.24, 2.45) is 5.92 Å². The van der Waals surface area contributed by atoms with E-state index in [2.05, 4.69) is 25.3 Å². The van der Waals surface area contributed by atoms with E-state index in [4.69, 9.17) is 4.74 Å². The first-order valence-electron chi connectivity index (χ1n) is 11.1. The number of ether oxygens (including phenoxy) is 1. The molecule has 3 N–H and O–H groups in total. The third-order valence-corrected chi connectivity index (χ3v) is 5.94. The van der Waals surface area contributed by atoms with E-state index < -0.39 is 11.2 Å². The quantitative estimate of drug-likeness (QED) is 0.438. The van der Waals surface area contributed by atoms with Crippen LogP contribution in [-0.2, 0) is 22.5 Å². The molecule has 2 atom stereocenters. The fourth-order valence-corrected chi connectivity index (χ4v) is 4.17. The Hall–Kier alpha value is -3.47. The fraction of sp³-hybridized carbons (Fsp3) is 0.500. The zero-order valence-corrected chi connectivity index (χ0v) is 19.1. The summed E-state index contributed by atoms with van der Waals surface area (Å²) < 4.78 is 7.12. The highest BCUT2D eigenvalue weighted by atomic mass is 16.5. The van der Waals surface area contributed by atoms with Crippen LogP contribution in [0, 0.1) is 5.92 Å². The number of methoxy groups -OCH3 is 1. The molecule has 1 aliphatic heterocycles. The lowest BCUT2D eigenvalue weighted by Gasteiger charge is -2.15. The standard InChI is InChI=1S/C22H29N7O4/c1-4-7-29-20-19(21(31)27-22(29)32)25-17(26-20)9-15(33-3)14-5-6-16(24-11-14)23-10-13-8-18(30)28(2)12-13/h5-6,11,13,15H,4,7-10,12H2,1-3H3,(H,23,24)(H,25,26)(H,27,31,32). The maximum Gasteiger partial charge on any atom is 0.330 e. The number of nitrogens with one attached hydrogen (secondary N) is 3. The molecule has 0 bridgehead atoms. The van der Waals surface area contributed by atoms with Gasteiger partial charge in [-0.3, -0.25) is 19.1 Å². The van der Waals surface area contributed by atoms with Crippen LogP contribution in [0.2, 0.25) is 0 Å². The predicted octanol–water partition coefficient (Wildman–Crippen LogP) is 1.04. The minimum Gasteiger partial charge on any atom is -0.376 e. The zero-order chi connectivity index (χ0) is 23.5. The van der Waals surface area contributed by atoms with Crippen molar-refractivity contribution in [1.82, 2.24) is 29.4 Å². The van der Waals surface area contributed by atoms with Crippen LogP contribution in [0.4, 0.5) is 5.82 Å². The number of fused-ring (bicyclic) bond motifs is 1. The van der Waals surface area contributed by atoms with E-state index in [0.717, 1.165) is 24.3 Å². The minimum atomic E-state index is -0.484. The average molecular weight is 456 g/mol. The largest absolute Gasteiger partial charge is 0.376 e. The summed E-state index contributed by atoms with van der Waals surface area (Å²) in [6, 6.07) is 3.81. The number of carbonyl (C=O) groups excluding carboxylic acids is 1. The summed E-state index contributed by atoms with van der Waals surface area (Å²) >= 11 is 0. The second-order valence-electron chi connectivity index (χ2n) is 8.42. The van der Waals surface area contributed by atoms with E-state index in [1.165, 1.54) is 4.57 Å². The summed E-state index contributed by atoms with van der Waals surface area (Å²) in [5.74, 6) is 1.73. The van der Waals surface area contributed by atoms with Crippen LogP contribution in [0.5, 0.6) is 0 Å². The van der Waals surface area contributed by atoms with Gasteiger partial charge in [0.25, 0.3) is 5.56 Å². The lowest BCUT2D eigenvalue weighted by Crippen LogP contribution is -2.30. The van der Waals surface area contributed by atoms with Gasteiger partial charge in [-0.15, -0.1) is 0 Å². The molecule has 0 aliphatic carbocycles. The van der Waals surface area contributed by atoms with Gasteiger partial charge in [-0.2, -0.15) is 0 Å². The molecule has 0 aromatic carbocycles. The Morgan fingerprint density at radius 2 is 2.09 bits per heavy atom. The van der Waals surface area contributed by atoms with Gasteiger partial charge in [0, 0.05) is 58.7 Å². The molecule has 0 radical (unpaired) electrons. The van der Waals surface area contributed by atoms with E-state index in [0.29, 0.717) is 37.4 Å². The van der Waals surface area contributed by atoms with Crippen molar-refractivity contribution in [3.63, 3.8) is 0 Å². The monoisotopic (exact) mass is 455 g/mol. The Kier molecular flexibility index (Phi) is 6.59. The number of aryl methyl sites for hydroxylation is 1. The molecular formula is C22H29N7O4. The van der Waals surface area contributed by atoms with E-state index in [9.17, 15) is 14.4 Å². The fourth-order valence-electron chi connectivity index (χ4n) is 4.17. The number of aromatic amines is 2. The highest BCUT2D eigenvalue weighted by Gasteiger charge is 2.26. The van der Waals surface area contributed by atoms with Crippen molar-refractivity contribution in [2.75, 3.05) is 32.6 Å². The van der Waals surface area contributed by atoms with Crippen LogP contribution in [0.15, 0.2) is 27.9 Å². The molecule has 1 fully saturated rings. The van der Waals surface area contributed by atoms with Crippen molar-refractivity contribution < 1.29 is 9.53 Å². The molecule has 33 heavy (non-hydrogen) atoms. The number of hydrogen-bond acceptors (Lipinski definition) is 7. The number of aromatic nitrogens is 5. The Morgan fingerprint density at radius 3 is 2.73 bits per heavy atom. The lowest BCUT2D eigenvalue weighted by atomic mass is 10.1. The van der Waals surface area contributed by atoms with Gasteiger partial charge in [0.1, 0.15) is 17.2 Å². The molecule has 0 saturated carbocycles. The number of H-pyrrole nitrogens is 2. The van der Waals surface area contributed by atoms with Gasteiger partial charge in [-0.25, -0.2) is 14.8 Å². The van der Waals surface area contributed by atoms with Gasteiger partial charge < -0.3 is 19.9 Å². The number of amides is 1. The first kappa shape index (κ1) is 22.7. The van der Waals surface area contributed by atoms with Gasteiger partial charge >= 0.3 is 5.69 Å². The second kappa shape index (κ2) is 9.57. The van der Waals surface area contributed by atoms with Crippen LogP contribution in [0.3, 0.4) is 0 Å². The first-order valence-corrected chi connectivity index (χ1v) is 11.1. The highest BCUT2D eigenvalue weighted by Crippen LogP contribution is 2.22. The second-order valence-corrected chi connectivity index (χ2v) is 8.42. The molecule has 11 heteroatoms. The Balaban J connectivity index is 1.46. The zero-order valence-electron chi connectivity index (χ0n) is 19.1. The van der Waals surface area contributed by atoms with Crippen LogP contribution in [-0.4, -0.2) is 62.6 Å². The molecule has 1 amide bonds. The molecule has 1 aliphatic rings. The number of pyridine rings is 1. The topological polar surface area (TPSA) is 138 Å². The number of likely N-dealkylation sites (tertiary alicyclic amines) is 1. The molecular weight excluding hydrogens is 426 g/mol. The third-order valence-electron chi connectivity index (χ3n) is 5.94. The summed E-state index contributed by atoms with van der Waals surface area (Å²) in [7, 11) is 3.42. The highest BCUT2D eigenvalue weighted by molar-refractivity contribution is 5.78. The molecule has 0 spiro atoms. The average Bonchev–Trinajstić information content (AvgIpc) is 3.37. The molecule has 176 valence electrons. The Morgan fingerprint density at radius 1 is 1.27 bits per heavy atom. The summed E-state index contributed by atoms with van der Waals surface area (Å²) in [6.45, 7) is 3.86. The van der Waals surface area contributed by atoms with Crippen molar-refractivity contribution in [2.45, 2.75) is 38.8 Å². The van der Waals surface area contributed by atoms with E-state index in [-0.39, 0.29) is 23.4 Å². The number of carbonyl (C=O) groups is 1. The SMILES string of the molecule is CCCn1c(=O)[nH]c(=O)c2[nH]c(CC(OC)c3ccc(NCC4CC(=O)N(C)C4)nc3)nc21. The number of nitrogens with zero attached hydrogens (tertiary/aromatic N) is 4. The first-order chi connectivity index (χ1) is 15.9. The molecule has 2 unspecified atom stereocenters. The molecule has 4 rings (SSSR count). The maximum absolute atomic E-state index is 12.2. The molecule has 4 heterocycles. The van der Waals surface area contributed by atoms with Crippen LogP contribution < -0.4 is 16.6 Å². The summed E-state index contributed by atoms with van der Waals surface area (Å²) in [6.07, 6.45) is 3.09.